The van der Waals surface area contributed by atoms with Crippen LogP contribution < -0.4 is 5.32 Å². The predicted molar refractivity (Wildman–Crippen MR) is 81.8 cm³/mol. The van der Waals surface area contributed by atoms with Gasteiger partial charge in [-0.1, -0.05) is 11.6 Å². The Morgan fingerprint density at radius 1 is 1.15 bits per heavy atom. The van der Waals surface area contributed by atoms with E-state index in [0.29, 0.717) is 10.7 Å². The van der Waals surface area contributed by atoms with E-state index < -0.39 is 0 Å². The van der Waals surface area contributed by atoms with Gasteiger partial charge in [0.05, 0.1) is 5.25 Å². The molecule has 0 saturated carbocycles. The van der Waals surface area contributed by atoms with Gasteiger partial charge in [-0.25, -0.2) is 4.39 Å². The van der Waals surface area contributed by atoms with Crippen LogP contribution in [0.4, 0.5) is 10.1 Å². The van der Waals surface area contributed by atoms with Gasteiger partial charge in [-0.2, -0.15) is 0 Å². The van der Waals surface area contributed by atoms with E-state index in [9.17, 15) is 9.18 Å². The molecule has 0 aromatic heterocycles. The van der Waals surface area contributed by atoms with Crippen molar-refractivity contribution in [3.05, 3.63) is 59.4 Å². The van der Waals surface area contributed by atoms with Crippen molar-refractivity contribution < 1.29 is 9.18 Å². The van der Waals surface area contributed by atoms with Gasteiger partial charge in [0, 0.05) is 15.6 Å². The highest BCUT2D eigenvalue weighted by Crippen LogP contribution is 2.24. The van der Waals surface area contributed by atoms with E-state index in [-0.39, 0.29) is 17.0 Å². The summed E-state index contributed by atoms with van der Waals surface area (Å²) in [6, 6.07) is 13.0. The van der Waals surface area contributed by atoms with Crippen LogP contribution in [-0.4, -0.2) is 11.2 Å². The number of halogens is 2. The van der Waals surface area contributed by atoms with E-state index in [0.717, 1.165) is 4.90 Å². The quantitative estimate of drug-likeness (QED) is 0.836. The molecule has 0 aliphatic carbocycles. The molecular weight excluding hydrogens is 297 g/mol. The summed E-state index contributed by atoms with van der Waals surface area (Å²) >= 11 is 7.16. The molecule has 2 aromatic rings. The minimum Gasteiger partial charge on any atom is -0.325 e. The van der Waals surface area contributed by atoms with Gasteiger partial charge in [0.25, 0.3) is 0 Å². The van der Waals surface area contributed by atoms with Crippen molar-refractivity contribution in [1.82, 2.24) is 0 Å². The monoisotopic (exact) mass is 309 g/mol. The van der Waals surface area contributed by atoms with Crippen LogP contribution >= 0.6 is 23.4 Å². The summed E-state index contributed by atoms with van der Waals surface area (Å²) in [6.07, 6.45) is 0. The first-order valence-electron chi connectivity index (χ1n) is 6.03. The predicted octanol–water partition coefficient (Wildman–Crippen LogP) is 4.60. The molecule has 0 bridgehead atoms. The fourth-order valence-corrected chi connectivity index (χ4v) is 2.54. The normalized spacial score (nSPS) is 11.9. The van der Waals surface area contributed by atoms with Gasteiger partial charge in [0.1, 0.15) is 5.82 Å². The van der Waals surface area contributed by atoms with Crippen molar-refractivity contribution in [3.8, 4) is 0 Å². The molecule has 0 aliphatic rings. The van der Waals surface area contributed by atoms with E-state index in [4.69, 9.17) is 11.6 Å². The zero-order chi connectivity index (χ0) is 14.5. The van der Waals surface area contributed by atoms with Crippen molar-refractivity contribution in [3.63, 3.8) is 0 Å². The molecule has 5 heteroatoms. The molecule has 1 N–H and O–H groups in total. The lowest BCUT2D eigenvalue weighted by Crippen LogP contribution is -2.22. The molecule has 0 unspecified atom stereocenters. The number of nitrogens with one attached hydrogen (secondary N) is 1. The molecule has 0 radical (unpaired) electrons. The number of carbonyl (C=O) groups is 1. The average Bonchev–Trinajstić information content (AvgIpc) is 2.44. The van der Waals surface area contributed by atoms with Gasteiger partial charge in [0.15, 0.2) is 0 Å². The number of hydrogen-bond acceptors (Lipinski definition) is 2. The van der Waals surface area contributed by atoms with E-state index >= 15 is 0 Å². The zero-order valence-corrected chi connectivity index (χ0v) is 12.3. The van der Waals surface area contributed by atoms with Crippen LogP contribution in [0.3, 0.4) is 0 Å². The smallest absolute Gasteiger partial charge is 0.237 e. The number of carbonyl (C=O) groups excluding carboxylic acids is 1. The molecule has 0 heterocycles. The number of hydrogen-bond donors (Lipinski definition) is 1. The van der Waals surface area contributed by atoms with Crippen molar-refractivity contribution in [1.29, 1.82) is 0 Å². The minimum absolute atomic E-state index is 0.110. The molecule has 2 rings (SSSR count). The van der Waals surface area contributed by atoms with Gasteiger partial charge >= 0.3 is 0 Å². The Labute approximate surface area is 126 Å². The lowest BCUT2D eigenvalue weighted by molar-refractivity contribution is -0.115. The number of anilines is 1. The first kappa shape index (κ1) is 14.9. The van der Waals surface area contributed by atoms with Crippen LogP contribution in [0.5, 0.6) is 0 Å². The molecule has 20 heavy (non-hydrogen) atoms. The van der Waals surface area contributed by atoms with Crippen LogP contribution in [0.15, 0.2) is 53.4 Å². The third kappa shape index (κ3) is 4.25. The Bertz CT molecular complexity index is 586. The van der Waals surface area contributed by atoms with Gasteiger partial charge < -0.3 is 5.32 Å². The molecule has 0 aliphatic heterocycles. The Morgan fingerprint density at radius 3 is 2.35 bits per heavy atom. The molecule has 0 fully saturated rings. The van der Waals surface area contributed by atoms with Crippen LogP contribution in [0.1, 0.15) is 6.92 Å². The average molecular weight is 310 g/mol. The molecule has 2 aromatic carbocycles. The summed E-state index contributed by atoms with van der Waals surface area (Å²) in [7, 11) is 0. The third-order valence-corrected chi connectivity index (χ3v) is 3.97. The Balaban J connectivity index is 1.94. The SMILES string of the molecule is C[C@@H](Sc1ccc(F)cc1)C(=O)Nc1ccc(Cl)cc1. The van der Waals surface area contributed by atoms with Crippen molar-refractivity contribution in [2.45, 2.75) is 17.1 Å². The number of benzene rings is 2. The zero-order valence-electron chi connectivity index (χ0n) is 10.8. The van der Waals surface area contributed by atoms with E-state index in [1.54, 1.807) is 43.3 Å². The summed E-state index contributed by atoms with van der Waals surface area (Å²) < 4.78 is 12.8. The fourth-order valence-electron chi connectivity index (χ4n) is 1.55. The van der Waals surface area contributed by atoms with Crippen molar-refractivity contribution >= 4 is 35.0 Å². The topological polar surface area (TPSA) is 29.1 Å². The maximum Gasteiger partial charge on any atom is 0.237 e. The second kappa shape index (κ2) is 6.77. The second-order valence-corrected chi connectivity index (χ2v) is 6.06. The molecular formula is C15H13ClFNOS. The highest BCUT2D eigenvalue weighted by atomic mass is 35.5. The Hall–Kier alpha value is -1.52. The number of amides is 1. The molecule has 0 saturated heterocycles. The summed E-state index contributed by atoms with van der Waals surface area (Å²) in [5, 5.41) is 3.15. The highest BCUT2D eigenvalue weighted by Gasteiger charge is 2.14. The minimum atomic E-state index is -0.285. The lowest BCUT2D eigenvalue weighted by atomic mass is 10.3. The van der Waals surface area contributed by atoms with Gasteiger partial charge in [-0.3, -0.25) is 4.79 Å². The van der Waals surface area contributed by atoms with Crippen LogP contribution in [0.2, 0.25) is 5.02 Å². The lowest BCUT2D eigenvalue weighted by Gasteiger charge is -2.12. The second-order valence-electron chi connectivity index (χ2n) is 4.21. The van der Waals surface area contributed by atoms with Gasteiger partial charge in [-0.15, -0.1) is 11.8 Å². The molecule has 1 atom stereocenters. The van der Waals surface area contributed by atoms with Crippen LogP contribution in [-0.2, 0) is 4.79 Å². The van der Waals surface area contributed by atoms with Crippen molar-refractivity contribution in [2.75, 3.05) is 5.32 Å². The Kier molecular flexibility index (Phi) is 5.04. The van der Waals surface area contributed by atoms with Crippen LogP contribution in [0.25, 0.3) is 0 Å². The van der Waals surface area contributed by atoms with Gasteiger partial charge in [-0.05, 0) is 55.5 Å². The van der Waals surface area contributed by atoms with E-state index in [1.807, 2.05) is 0 Å². The maximum atomic E-state index is 12.8. The molecule has 0 spiro atoms. The molecule has 1 amide bonds. The first-order chi connectivity index (χ1) is 9.54. The maximum absolute atomic E-state index is 12.8. The highest BCUT2D eigenvalue weighted by molar-refractivity contribution is 8.00. The van der Waals surface area contributed by atoms with E-state index in [1.165, 1.54) is 23.9 Å². The Morgan fingerprint density at radius 2 is 1.75 bits per heavy atom. The fraction of sp³-hybridized carbons (Fsp3) is 0.133. The summed E-state index contributed by atoms with van der Waals surface area (Å²) in [5.74, 6) is -0.394. The summed E-state index contributed by atoms with van der Waals surface area (Å²) in [4.78, 5) is 12.9. The standard InChI is InChI=1S/C15H13ClFNOS/c1-10(20-14-8-4-12(17)5-9-14)15(19)18-13-6-2-11(16)3-7-13/h2-10H,1H3,(H,18,19)/t10-/m1/s1. The van der Waals surface area contributed by atoms with Gasteiger partial charge in [0.2, 0.25) is 5.91 Å². The summed E-state index contributed by atoms with van der Waals surface area (Å²) in [5.41, 5.74) is 0.700. The first-order valence-corrected chi connectivity index (χ1v) is 7.29. The molecule has 104 valence electrons. The van der Waals surface area contributed by atoms with Crippen LogP contribution in [0, 0.1) is 5.82 Å². The summed E-state index contributed by atoms with van der Waals surface area (Å²) in [6.45, 7) is 1.80. The van der Waals surface area contributed by atoms with E-state index in [2.05, 4.69) is 5.32 Å². The van der Waals surface area contributed by atoms with Crippen molar-refractivity contribution in [2.24, 2.45) is 0 Å². The number of rotatable bonds is 4. The third-order valence-electron chi connectivity index (χ3n) is 2.61. The molecule has 2 nitrogen and oxygen atoms in total. The number of thioether (sulfide) groups is 1. The largest absolute Gasteiger partial charge is 0.325 e.